The number of furan rings is 1. The van der Waals surface area contributed by atoms with Gasteiger partial charge in [-0.2, -0.15) is 0 Å². The van der Waals surface area contributed by atoms with Gasteiger partial charge in [0, 0.05) is 33.6 Å². The molecule has 160 valence electrons. The average Bonchev–Trinajstić information content (AvgIpc) is 3.19. The third-order valence-corrected chi connectivity index (χ3v) is 7.09. The molecule has 2 aromatic carbocycles. The Morgan fingerprint density at radius 3 is 2.44 bits per heavy atom. The number of hydrogen-bond donors (Lipinski definition) is 0. The highest BCUT2D eigenvalue weighted by molar-refractivity contribution is 6.11. The quantitative estimate of drug-likeness (QED) is 0.277. The molecule has 0 aliphatic heterocycles. The monoisotopic (exact) mass is 422 g/mol. The minimum Gasteiger partial charge on any atom is -0.437 e. The Bertz CT molecular complexity index is 1680. The molecule has 6 rings (SSSR count). The normalized spacial score (nSPS) is 17.7. The Hall–Kier alpha value is -3.20. The predicted octanol–water partition coefficient (Wildman–Crippen LogP) is 7.77. The Morgan fingerprint density at radius 1 is 0.906 bits per heavy atom. The van der Waals surface area contributed by atoms with Crippen molar-refractivity contribution < 1.29 is 7.16 Å². The highest BCUT2D eigenvalue weighted by atomic mass is 16.3. The van der Waals surface area contributed by atoms with Crippen LogP contribution in [0.25, 0.3) is 44.1 Å². The summed E-state index contributed by atoms with van der Waals surface area (Å²) in [4.78, 5) is 9.26. The molecule has 3 aromatic heterocycles. The number of pyridine rings is 2. The van der Waals surface area contributed by atoms with Crippen LogP contribution in [0.1, 0.15) is 59.2 Å². The second kappa shape index (κ2) is 6.19. The van der Waals surface area contributed by atoms with Crippen molar-refractivity contribution in [2.75, 3.05) is 0 Å². The van der Waals surface area contributed by atoms with Gasteiger partial charge in [0.1, 0.15) is 5.58 Å². The summed E-state index contributed by atoms with van der Waals surface area (Å²) in [7, 11) is 0. The Morgan fingerprint density at radius 2 is 1.66 bits per heavy atom. The van der Waals surface area contributed by atoms with Gasteiger partial charge in [0.2, 0.25) is 5.71 Å². The zero-order valence-corrected chi connectivity index (χ0v) is 19.5. The van der Waals surface area contributed by atoms with E-state index in [1.165, 1.54) is 11.1 Å². The fourth-order valence-corrected chi connectivity index (χ4v) is 5.90. The van der Waals surface area contributed by atoms with Crippen molar-refractivity contribution in [1.82, 2.24) is 9.97 Å². The molecule has 0 atom stereocenters. The van der Waals surface area contributed by atoms with Gasteiger partial charge >= 0.3 is 0 Å². The first-order valence-electron chi connectivity index (χ1n) is 12.2. The van der Waals surface area contributed by atoms with Crippen LogP contribution in [0.15, 0.2) is 53.0 Å². The molecule has 0 radical (unpaired) electrons. The van der Waals surface area contributed by atoms with Crippen LogP contribution in [-0.2, 0) is 10.8 Å². The van der Waals surface area contributed by atoms with Crippen LogP contribution < -0.4 is 0 Å². The summed E-state index contributed by atoms with van der Waals surface area (Å²) in [6.45, 7) is 13.1. The van der Waals surface area contributed by atoms with Crippen molar-refractivity contribution in [3.8, 4) is 11.3 Å². The van der Waals surface area contributed by atoms with Crippen LogP contribution >= 0.6 is 0 Å². The van der Waals surface area contributed by atoms with Gasteiger partial charge in [-0.05, 0) is 89.5 Å². The first-order chi connectivity index (χ1) is 16.0. The molecule has 0 spiro atoms. The summed E-state index contributed by atoms with van der Waals surface area (Å²) < 4.78 is 23.5. The fourth-order valence-electron chi connectivity index (χ4n) is 5.90. The molecule has 32 heavy (non-hydrogen) atoms. The lowest BCUT2D eigenvalue weighted by molar-refractivity contribution is 0.403. The molecule has 0 saturated carbocycles. The first kappa shape index (κ1) is 17.4. The average molecular weight is 423 g/mol. The summed E-state index contributed by atoms with van der Waals surface area (Å²) in [5.74, 6) is 0. The predicted molar refractivity (Wildman–Crippen MR) is 132 cm³/mol. The molecule has 3 heterocycles. The van der Waals surface area contributed by atoms with Crippen LogP contribution in [0.3, 0.4) is 0 Å². The van der Waals surface area contributed by atoms with E-state index in [0.717, 1.165) is 50.4 Å². The SMILES string of the molecule is [2H]c1nc(-c2cc(C)cc3c2oc2nc(C)ccc23)c2cc3c(cc2c1[2H])C(C)(C)CC3(C)C. The van der Waals surface area contributed by atoms with Crippen LogP contribution in [0.2, 0.25) is 0 Å². The lowest BCUT2D eigenvalue weighted by Gasteiger charge is -2.22. The molecule has 0 amide bonds. The van der Waals surface area contributed by atoms with E-state index in [1.54, 1.807) is 0 Å². The topological polar surface area (TPSA) is 38.9 Å². The van der Waals surface area contributed by atoms with Gasteiger partial charge in [-0.15, -0.1) is 0 Å². The maximum absolute atomic E-state index is 8.67. The van der Waals surface area contributed by atoms with Gasteiger partial charge in [0.05, 0.1) is 8.44 Å². The maximum Gasteiger partial charge on any atom is 0.227 e. The second-order valence-corrected chi connectivity index (χ2v) is 10.7. The molecular formula is C29H28N2O. The molecule has 1 aliphatic rings. The van der Waals surface area contributed by atoms with E-state index in [1.807, 2.05) is 13.0 Å². The van der Waals surface area contributed by atoms with Crippen molar-refractivity contribution in [3.63, 3.8) is 0 Å². The van der Waals surface area contributed by atoms with Crippen molar-refractivity contribution in [2.24, 2.45) is 0 Å². The molecule has 0 fully saturated rings. The third-order valence-electron chi connectivity index (χ3n) is 7.09. The summed E-state index contributed by atoms with van der Waals surface area (Å²) in [5.41, 5.74) is 7.49. The number of fused-ring (bicyclic) bond motifs is 5. The number of hydrogen-bond acceptors (Lipinski definition) is 3. The van der Waals surface area contributed by atoms with E-state index in [4.69, 9.17) is 7.16 Å². The van der Waals surface area contributed by atoms with E-state index >= 15 is 0 Å². The molecule has 0 bridgehead atoms. The van der Waals surface area contributed by atoms with Gasteiger partial charge in [-0.1, -0.05) is 33.8 Å². The molecule has 5 aromatic rings. The lowest BCUT2D eigenvalue weighted by Crippen LogP contribution is -2.17. The van der Waals surface area contributed by atoms with Crippen LogP contribution in [0.5, 0.6) is 0 Å². The van der Waals surface area contributed by atoms with Gasteiger partial charge in [-0.3, -0.25) is 4.98 Å². The van der Waals surface area contributed by atoms with E-state index in [-0.39, 0.29) is 23.0 Å². The van der Waals surface area contributed by atoms with E-state index in [0.29, 0.717) is 11.4 Å². The van der Waals surface area contributed by atoms with Gasteiger partial charge in [-0.25, -0.2) is 4.98 Å². The van der Waals surface area contributed by atoms with Gasteiger partial charge in [0.15, 0.2) is 0 Å². The van der Waals surface area contributed by atoms with E-state index < -0.39 is 0 Å². The van der Waals surface area contributed by atoms with Crippen molar-refractivity contribution in [1.29, 1.82) is 0 Å². The molecule has 3 heteroatoms. The smallest absolute Gasteiger partial charge is 0.227 e. The van der Waals surface area contributed by atoms with Crippen LogP contribution in [-0.4, -0.2) is 9.97 Å². The molecule has 3 nitrogen and oxygen atoms in total. The first-order valence-corrected chi connectivity index (χ1v) is 11.2. The van der Waals surface area contributed by atoms with Gasteiger partial charge < -0.3 is 4.42 Å². The molecule has 1 aliphatic carbocycles. The van der Waals surface area contributed by atoms with Crippen molar-refractivity contribution in [3.05, 3.63) is 71.0 Å². The zero-order valence-electron chi connectivity index (χ0n) is 21.5. The summed E-state index contributed by atoms with van der Waals surface area (Å²) in [6.07, 6.45) is 1.02. The molecule has 0 unspecified atom stereocenters. The number of benzene rings is 2. The van der Waals surface area contributed by atoms with Crippen molar-refractivity contribution in [2.45, 2.75) is 58.8 Å². The fraction of sp³-hybridized carbons (Fsp3) is 0.310. The maximum atomic E-state index is 8.67. The summed E-state index contributed by atoms with van der Waals surface area (Å²) in [5, 5.41) is 3.65. The van der Waals surface area contributed by atoms with Crippen LogP contribution in [0.4, 0.5) is 0 Å². The van der Waals surface area contributed by atoms with Crippen LogP contribution in [0, 0.1) is 13.8 Å². The van der Waals surface area contributed by atoms with E-state index in [2.05, 4.69) is 74.9 Å². The van der Waals surface area contributed by atoms with Gasteiger partial charge in [0.25, 0.3) is 0 Å². The summed E-state index contributed by atoms with van der Waals surface area (Å²) in [6, 6.07) is 12.8. The standard InChI is InChI=1S/C29H28N2O/c1-16-11-21-19-8-7-17(2)31-27(19)32-26(21)22(12-16)25-20-14-24-23(13-18(20)9-10-30-25)28(3,4)15-29(24,5)6/h7-14H,15H2,1-6H3/i9D,10D. The largest absolute Gasteiger partial charge is 0.437 e. The highest BCUT2D eigenvalue weighted by Gasteiger charge is 2.42. The molecule has 0 N–H and O–H groups in total. The summed E-state index contributed by atoms with van der Waals surface area (Å²) >= 11 is 0. The van der Waals surface area contributed by atoms with E-state index in [9.17, 15) is 0 Å². The number of aromatic nitrogens is 2. The molecular weight excluding hydrogens is 392 g/mol. The number of rotatable bonds is 1. The third kappa shape index (κ3) is 2.67. The highest BCUT2D eigenvalue weighted by Crippen LogP contribution is 2.51. The molecule has 0 saturated heterocycles. The lowest BCUT2D eigenvalue weighted by atomic mass is 9.82. The minimum atomic E-state index is -0.0164. The Balaban J connectivity index is 1.75. The Kier molecular flexibility index (Phi) is 3.36. The number of aryl methyl sites for hydroxylation is 2. The Labute approximate surface area is 191 Å². The number of nitrogens with zero attached hydrogens (tertiary/aromatic N) is 2. The zero-order chi connectivity index (χ0) is 24.2. The minimum absolute atomic E-state index is 0.0164. The second-order valence-electron chi connectivity index (χ2n) is 10.7. The van der Waals surface area contributed by atoms with Crippen molar-refractivity contribution >= 4 is 32.8 Å².